The van der Waals surface area contributed by atoms with Crippen LogP contribution in [0.5, 0.6) is 11.5 Å². The molecule has 4 N–H and O–H groups in total. The SMILES string of the molecule is COc1cc(Cl)c(C)cc1NC(=O)/C=C(\O)c1ccc(/C(O)=C/C(=O)Nc2cc(C)c(Cl)cc2OC)cc1. The third-order valence-electron chi connectivity index (χ3n) is 5.49. The second kappa shape index (κ2) is 12.4. The molecule has 0 heterocycles. The third-order valence-corrected chi connectivity index (χ3v) is 6.30. The van der Waals surface area contributed by atoms with Gasteiger partial charge in [-0.1, -0.05) is 47.5 Å². The van der Waals surface area contributed by atoms with Gasteiger partial charge in [-0.15, -0.1) is 0 Å². The number of nitrogens with one attached hydrogen (secondary N) is 2. The van der Waals surface area contributed by atoms with Gasteiger partial charge in [0.15, 0.2) is 0 Å². The number of halogens is 2. The van der Waals surface area contributed by atoms with Crippen LogP contribution in [0.15, 0.2) is 60.7 Å². The van der Waals surface area contributed by atoms with Crippen molar-refractivity contribution in [3.05, 3.63) is 93.0 Å². The van der Waals surface area contributed by atoms with E-state index in [4.69, 9.17) is 32.7 Å². The van der Waals surface area contributed by atoms with Crippen LogP contribution in [-0.2, 0) is 9.59 Å². The lowest BCUT2D eigenvalue weighted by Crippen LogP contribution is -2.10. The Kier molecular flexibility index (Phi) is 9.28. The smallest absolute Gasteiger partial charge is 0.252 e. The maximum Gasteiger partial charge on any atom is 0.252 e. The highest BCUT2D eigenvalue weighted by molar-refractivity contribution is 6.32. The van der Waals surface area contributed by atoms with Crippen LogP contribution in [0.2, 0.25) is 10.0 Å². The summed E-state index contributed by atoms with van der Waals surface area (Å²) < 4.78 is 10.5. The summed E-state index contributed by atoms with van der Waals surface area (Å²) in [5, 5.41) is 27.1. The van der Waals surface area contributed by atoms with E-state index in [1.165, 1.54) is 38.5 Å². The lowest BCUT2D eigenvalue weighted by atomic mass is 10.1. The van der Waals surface area contributed by atoms with Crippen LogP contribution in [0.3, 0.4) is 0 Å². The molecule has 8 nitrogen and oxygen atoms in total. The molecular formula is C28H26Cl2N2O6. The van der Waals surface area contributed by atoms with Crippen molar-refractivity contribution in [2.45, 2.75) is 13.8 Å². The standard InChI is InChI=1S/C28H26Cl2N2O6/c1-15-9-21(25(37-3)11-19(15)29)31-27(35)13-23(33)17-5-7-18(8-6-17)24(34)14-28(36)32-22-10-16(2)20(30)12-26(22)38-4/h5-14,33-34H,1-4H3,(H,31,35)(H,32,36)/b23-13-,24-14-. The zero-order chi connectivity index (χ0) is 28.0. The van der Waals surface area contributed by atoms with E-state index in [2.05, 4.69) is 10.6 Å². The lowest BCUT2D eigenvalue weighted by Gasteiger charge is -2.11. The quantitative estimate of drug-likeness (QED) is 0.181. The van der Waals surface area contributed by atoms with Gasteiger partial charge in [-0.3, -0.25) is 9.59 Å². The molecule has 3 rings (SSSR count). The topological polar surface area (TPSA) is 117 Å². The van der Waals surface area contributed by atoms with E-state index in [1.54, 1.807) is 38.1 Å². The molecule has 3 aromatic rings. The summed E-state index contributed by atoms with van der Waals surface area (Å²) in [7, 11) is 2.91. The lowest BCUT2D eigenvalue weighted by molar-refractivity contribution is -0.112. The molecule has 0 spiro atoms. The first-order valence-electron chi connectivity index (χ1n) is 11.2. The molecule has 0 aliphatic carbocycles. The summed E-state index contributed by atoms with van der Waals surface area (Å²) >= 11 is 12.2. The van der Waals surface area contributed by atoms with E-state index in [1.807, 2.05) is 0 Å². The number of hydrogen-bond donors (Lipinski definition) is 4. The Morgan fingerprint density at radius 3 is 1.37 bits per heavy atom. The third kappa shape index (κ3) is 7.00. The van der Waals surface area contributed by atoms with Gasteiger partial charge in [-0.2, -0.15) is 0 Å². The van der Waals surface area contributed by atoms with Gasteiger partial charge in [0, 0.05) is 45.5 Å². The fourth-order valence-corrected chi connectivity index (χ4v) is 3.73. The number of ether oxygens (including phenoxy) is 2. The highest BCUT2D eigenvalue weighted by Gasteiger charge is 2.13. The highest BCUT2D eigenvalue weighted by atomic mass is 35.5. The normalized spacial score (nSPS) is 11.6. The summed E-state index contributed by atoms with van der Waals surface area (Å²) in [6, 6.07) is 12.5. The average Bonchev–Trinajstić information content (AvgIpc) is 2.87. The number of carbonyl (C=O) groups is 2. The molecule has 0 aliphatic heterocycles. The zero-order valence-corrected chi connectivity index (χ0v) is 22.6. The van der Waals surface area contributed by atoms with Gasteiger partial charge in [-0.25, -0.2) is 0 Å². The number of aryl methyl sites for hydroxylation is 2. The molecular weight excluding hydrogens is 531 g/mol. The average molecular weight is 557 g/mol. The number of rotatable bonds is 8. The van der Waals surface area contributed by atoms with Crippen LogP contribution in [0.4, 0.5) is 11.4 Å². The first kappa shape index (κ1) is 28.4. The summed E-state index contributed by atoms with van der Waals surface area (Å²) in [6.07, 6.45) is 2.03. The van der Waals surface area contributed by atoms with Gasteiger partial charge < -0.3 is 30.3 Å². The molecule has 10 heteroatoms. The number of methoxy groups -OCH3 is 2. The molecule has 2 amide bonds. The number of aliphatic hydroxyl groups is 2. The minimum absolute atomic E-state index is 0.301. The summed E-state index contributed by atoms with van der Waals surface area (Å²) in [5.41, 5.74) is 2.94. The predicted molar refractivity (Wildman–Crippen MR) is 150 cm³/mol. The number of hydrogen-bond acceptors (Lipinski definition) is 6. The fourth-order valence-electron chi connectivity index (χ4n) is 3.42. The largest absolute Gasteiger partial charge is 0.507 e. The molecule has 0 aromatic heterocycles. The number of benzene rings is 3. The highest BCUT2D eigenvalue weighted by Crippen LogP contribution is 2.32. The van der Waals surface area contributed by atoms with Gasteiger partial charge in [0.05, 0.1) is 25.6 Å². The minimum Gasteiger partial charge on any atom is -0.507 e. The van der Waals surface area contributed by atoms with E-state index in [0.29, 0.717) is 44.0 Å². The molecule has 0 bridgehead atoms. The maximum absolute atomic E-state index is 12.4. The second-order valence-corrected chi connectivity index (χ2v) is 9.03. The molecule has 0 atom stereocenters. The van der Waals surface area contributed by atoms with Crippen LogP contribution in [-0.4, -0.2) is 36.2 Å². The number of anilines is 2. The van der Waals surface area contributed by atoms with Gasteiger partial charge in [0.1, 0.15) is 23.0 Å². The van der Waals surface area contributed by atoms with E-state index in [0.717, 1.165) is 23.3 Å². The molecule has 3 aromatic carbocycles. The molecule has 0 saturated heterocycles. The Bertz CT molecular complexity index is 1320. The molecule has 198 valence electrons. The molecule has 0 unspecified atom stereocenters. The van der Waals surface area contributed by atoms with Crippen molar-refractivity contribution in [2.75, 3.05) is 24.9 Å². The Labute approximate surface area is 230 Å². The number of amides is 2. The van der Waals surface area contributed by atoms with Crippen molar-refractivity contribution < 1.29 is 29.3 Å². The Morgan fingerprint density at radius 1 is 0.711 bits per heavy atom. The molecule has 38 heavy (non-hydrogen) atoms. The van der Waals surface area contributed by atoms with Crippen molar-refractivity contribution in [3.63, 3.8) is 0 Å². The van der Waals surface area contributed by atoms with Crippen molar-refractivity contribution in [2.24, 2.45) is 0 Å². The zero-order valence-electron chi connectivity index (χ0n) is 21.1. The maximum atomic E-state index is 12.4. The van der Waals surface area contributed by atoms with Crippen LogP contribution < -0.4 is 20.1 Å². The summed E-state index contributed by atoms with van der Waals surface area (Å²) in [5.74, 6) is -1.02. The summed E-state index contributed by atoms with van der Waals surface area (Å²) in [4.78, 5) is 24.9. The Balaban J connectivity index is 1.71. The molecule has 0 radical (unpaired) electrons. The Hall–Kier alpha value is -4.14. The van der Waals surface area contributed by atoms with Gasteiger partial charge in [-0.05, 0) is 37.1 Å². The van der Waals surface area contributed by atoms with Gasteiger partial charge >= 0.3 is 0 Å². The van der Waals surface area contributed by atoms with Gasteiger partial charge in [0.25, 0.3) is 11.8 Å². The van der Waals surface area contributed by atoms with Crippen LogP contribution >= 0.6 is 23.2 Å². The predicted octanol–water partition coefficient (Wildman–Crippen LogP) is 6.70. The van der Waals surface area contributed by atoms with E-state index >= 15 is 0 Å². The van der Waals surface area contributed by atoms with Gasteiger partial charge in [0.2, 0.25) is 0 Å². The molecule has 0 aliphatic rings. The molecule has 0 fully saturated rings. The first-order chi connectivity index (χ1) is 18.0. The van der Waals surface area contributed by atoms with Crippen molar-refractivity contribution >= 4 is 57.9 Å². The fraction of sp³-hybridized carbons (Fsp3) is 0.143. The monoisotopic (exact) mass is 556 g/mol. The van der Waals surface area contributed by atoms with Crippen molar-refractivity contribution in [1.29, 1.82) is 0 Å². The number of carbonyl (C=O) groups excluding carboxylic acids is 2. The molecule has 0 saturated carbocycles. The van der Waals surface area contributed by atoms with Crippen LogP contribution in [0.1, 0.15) is 22.3 Å². The van der Waals surface area contributed by atoms with Crippen molar-refractivity contribution in [1.82, 2.24) is 0 Å². The first-order valence-corrected chi connectivity index (χ1v) is 12.0. The minimum atomic E-state index is -0.584. The van der Waals surface area contributed by atoms with E-state index in [-0.39, 0.29) is 11.5 Å². The summed E-state index contributed by atoms with van der Waals surface area (Å²) in [6.45, 7) is 3.57. The van der Waals surface area contributed by atoms with E-state index in [9.17, 15) is 19.8 Å². The second-order valence-electron chi connectivity index (χ2n) is 8.22. The van der Waals surface area contributed by atoms with Crippen molar-refractivity contribution in [3.8, 4) is 11.5 Å². The Morgan fingerprint density at radius 2 is 1.05 bits per heavy atom. The van der Waals surface area contributed by atoms with Crippen LogP contribution in [0, 0.1) is 13.8 Å². The van der Waals surface area contributed by atoms with E-state index < -0.39 is 11.8 Å². The number of aliphatic hydroxyl groups excluding tert-OH is 2. The van der Waals surface area contributed by atoms with Crippen LogP contribution in [0.25, 0.3) is 11.5 Å².